The number of hydrogen-bond acceptors (Lipinski definition) is 5. The Morgan fingerprint density at radius 3 is 2.58 bits per heavy atom. The number of halogens is 1. The van der Waals surface area contributed by atoms with E-state index in [-0.39, 0.29) is 12.5 Å². The van der Waals surface area contributed by atoms with Crippen LogP contribution in [0.5, 0.6) is 11.5 Å². The molecule has 1 aromatic heterocycles. The van der Waals surface area contributed by atoms with E-state index in [1.54, 1.807) is 31.4 Å². The molecule has 124 valence electrons. The molecule has 0 aliphatic rings. The smallest absolute Gasteiger partial charge is 0.264 e. The Morgan fingerprint density at radius 1 is 1.21 bits per heavy atom. The number of benzene rings is 2. The molecule has 0 aliphatic carbocycles. The van der Waals surface area contributed by atoms with Crippen LogP contribution in [0.15, 0.2) is 36.4 Å². The molecule has 0 aliphatic heterocycles. The number of nitrogens with zero attached hydrogens (tertiary/aromatic N) is 1. The average Bonchev–Trinajstić information content (AvgIpc) is 3.02. The van der Waals surface area contributed by atoms with Crippen molar-refractivity contribution < 1.29 is 14.3 Å². The van der Waals surface area contributed by atoms with Crippen LogP contribution in [0, 0.1) is 6.92 Å². The molecule has 0 radical (unpaired) electrons. The van der Waals surface area contributed by atoms with Crippen LogP contribution in [0.25, 0.3) is 10.2 Å². The van der Waals surface area contributed by atoms with E-state index in [2.05, 4.69) is 10.3 Å². The van der Waals surface area contributed by atoms with Gasteiger partial charge < -0.3 is 9.47 Å². The number of fused-ring (bicyclic) bond motifs is 1. The Balaban J connectivity index is 1.64. The monoisotopic (exact) mass is 362 g/mol. The maximum absolute atomic E-state index is 12.0. The van der Waals surface area contributed by atoms with Gasteiger partial charge in [0.1, 0.15) is 11.5 Å². The molecule has 0 saturated heterocycles. The van der Waals surface area contributed by atoms with E-state index in [4.69, 9.17) is 21.1 Å². The zero-order valence-corrected chi connectivity index (χ0v) is 14.7. The minimum absolute atomic E-state index is 0.102. The summed E-state index contributed by atoms with van der Waals surface area (Å²) in [6.45, 7) is 1.85. The Hall–Kier alpha value is -2.31. The minimum Gasteiger partial charge on any atom is -0.497 e. The van der Waals surface area contributed by atoms with Gasteiger partial charge in [0.15, 0.2) is 11.7 Å². The van der Waals surface area contributed by atoms with Gasteiger partial charge in [-0.15, -0.1) is 0 Å². The van der Waals surface area contributed by atoms with Crippen LogP contribution < -0.4 is 14.8 Å². The van der Waals surface area contributed by atoms with E-state index in [0.717, 1.165) is 21.5 Å². The summed E-state index contributed by atoms with van der Waals surface area (Å²) in [6, 6.07) is 10.8. The summed E-state index contributed by atoms with van der Waals surface area (Å²) in [5, 5.41) is 3.87. The van der Waals surface area contributed by atoms with Crippen molar-refractivity contribution in [3.63, 3.8) is 0 Å². The Kier molecular flexibility index (Phi) is 4.87. The van der Waals surface area contributed by atoms with Crippen molar-refractivity contribution in [3.8, 4) is 11.5 Å². The number of anilines is 1. The van der Waals surface area contributed by atoms with Gasteiger partial charge in [0.25, 0.3) is 5.91 Å². The topological polar surface area (TPSA) is 60.5 Å². The van der Waals surface area contributed by atoms with Crippen LogP contribution in [0.4, 0.5) is 5.13 Å². The van der Waals surface area contributed by atoms with Gasteiger partial charge in [-0.1, -0.05) is 29.0 Å². The number of methoxy groups -OCH3 is 1. The molecule has 24 heavy (non-hydrogen) atoms. The molecule has 0 unspecified atom stereocenters. The summed E-state index contributed by atoms with van der Waals surface area (Å²) in [4.78, 5) is 16.4. The first-order valence-corrected chi connectivity index (χ1v) is 8.38. The van der Waals surface area contributed by atoms with Gasteiger partial charge in [0.05, 0.1) is 22.3 Å². The number of thiazole rings is 1. The number of hydrogen-bond donors (Lipinski definition) is 1. The number of aromatic nitrogens is 1. The molecule has 0 bridgehead atoms. The molecule has 2 aromatic carbocycles. The second-order valence-electron chi connectivity index (χ2n) is 5.07. The van der Waals surface area contributed by atoms with E-state index in [0.29, 0.717) is 15.9 Å². The quantitative estimate of drug-likeness (QED) is 0.735. The molecular weight excluding hydrogens is 348 g/mol. The normalized spacial score (nSPS) is 10.6. The molecule has 0 fully saturated rings. The van der Waals surface area contributed by atoms with Gasteiger partial charge in [-0.2, -0.15) is 0 Å². The number of carbonyl (C=O) groups is 1. The fraction of sp³-hybridized carbons (Fsp3) is 0.176. The van der Waals surface area contributed by atoms with Crippen LogP contribution in [0.1, 0.15) is 5.56 Å². The van der Waals surface area contributed by atoms with E-state index >= 15 is 0 Å². The third-order valence-electron chi connectivity index (χ3n) is 3.37. The maximum Gasteiger partial charge on any atom is 0.264 e. The first kappa shape index (κ1) is 16.5. The molecule has 3 rings (SSSR count). The zero-order chi connectivity index (χ0) is 17.1. The van der Waals surface area contributed by atoms with Crippen molar-refractivity contribution in [2.45, 2.75) is 6.92 Å². The predicted molar refractivity (Wildman–Crippen MR) is 96.5 cm³/mol. The van der Waals surface area contributed by atoms with Gasteiger partial charge in [-0.3, -0.25) is 10.1 Å². The van der Waals surface area contributed by atoms with E-state index in [9.17, 15) is 4.79 Å². The lowest BCUT2D eigenvalue weighted by Gasteiger charge is -2.06. The summed E-state index contributed by atoms with van der Waals surface area (Å²) in [5.74, 6) is 1.04. The summed E-state index contributed by atoms with van der Waals surface area (Å²) >= 11 is 7.51. The summed E-state index contributed by atoms with van der Waals surface area (Å²) < 4.78 is 11.4. The van der Waals surface area contributed by atoms with E-state index < -0.39 is 0 Å². The van der Waals surface area contributed by atoms with Crippen molar-refractivity contribution in [2.24, 2.45) is 0 Å². The highest BCUT2D eigenvalue weighted by molar-refractivity contribution is 7.23. The lowest BCUT2D eigenvalue weighted by Crippen LogP contribution is -2.19. The zero-order valence-electron chi connectivity index (χ0n) is 13.1. The Labute approximate surface area is 148 Å². The summed E-state index contributed by atoms with van der Waals surface area (Å²) in [7, 11) is 1.59. The van der Waals surface area contributed by atoms with Gasteiger partial charge in [0.2, 0.25) is 0 Å². The van der Waals surface area contributed by atoms with Crippen molar-refractivity contribution in [2.75, 3.05) is 19.0 Å². The van der Waals surface area contributed by atoms with Crippen LogP contribution >= 0.6 is 22.9 Å². The standard InChI is InChI=1S/C17H15ClN2O3S/c1-10-3-8-13(18)16-15(10)20-17(24-16)19-14(21)9-23-12-6-4-11(22-2)5-7-12/h3-8H,9H2,1-2H3,(H,19,20,21). The lowest BCUT2D eigenvalue weighted by atomic mass is 10.2. The maximum atomic E-state index is 12.0. The first-order chi connectivity index (χ1) is 11.6. The van der Waals surface area contributed by atoms with Gasteiger partial charge in [0, 0.05) is 0 Å². The largest absolute Gasteiger partial charge is 0.497 e. The molecule has 5 nitrogen and oxygen atoms in total. The molecule has 0 saturated carbocycles. The predicted octanol–water partition coefficient (Wildman–Crippen LogP) is 4.28. The SMILES string of the molecule is COc1ccc(OCC(=O)Nc2nc3c(C)ccc(Cl)c3s2)cc1. The fourth-order valence-electron chi connectivity index (χ4n) is 2.13. The number of carbonyl (C=O) groups excluding carboxylic acids is 1. The molecule has 0 spiro atoms. The highest BCUT2D eigenvalue weighted by atomic mass is 35.5. The summed E-state index contributed by atoms with van der Waals surface area (Å²) in [6.07, 6.45) is 0. The van der Waals surface area contributed by atoms with Crippen molar-refractivity contribution in [3.05, 3.63) is 47.0 Å². The number of aryl methyl sites for hydroxylation is 1. The molecule has 7 heteroatoms. The van der Waals surface area contributed by atoms with Crippen LogP contribution in [-0.4, -0.2) is 24.6 Å². The van der Waals surface area contributed by atoms with Gasteiger partial charge in [-0.25, -0.2) is 4.98 Å². The number of nitrogens with one attached hydrogen (secondary N) is 1. The molecule has 1 N–H and O–H groups in total. The number of rotatable bonds is 5. The first-order valence-electron chi connectivity index (χ1n) is 7.19. The van der Waals surface area contributed by atoms with Crippen LogP contribution in [0.2, 0.25) is 5.02 Å². The van der Waals surface area contributed by atoms with Crippen LogP contribution in [0.3, 0.4) is 0 Å². The second kappa shape index (κ2) is 7.07. The van der Waals surface area contributed by atoms with Crippen molar-refractivity contribution in [1.29, 1.82) is 0 Å². The minimum atomic E-state index is -0.279. The fourth-order valence-corrected chi connectivity index (χ4v) is 3.36. The summed E-state index contributed by atoms with van der Waals surface area (Å²) in [5.41, 5.74) is 1.82. The van der Waals surface area contributed by atoms with Gasteiger partial charge in [-0.05, 0) is 42.8 Å². The Morgan fingerprint density at radius 2 is 1.92 bits per heavy atom. The Bertz CT molecular complexity index is 838. The van der Waals surface area contributed by atoms with E-state index in [1.165, 1.54) is 11.3 Å². The highest BCUT2D eigenvalue weighted by Crippen LogP contribution is 2.33. The van der Waals surface area contributed by atoms with Crippen molar-refractivity contribution >= 4 is 44.2 Å². The van der Waals surface area contributed by atoms with Crippen LogP contribution in [-0.2, 0) is 4.79 Å². The van der Waals surface area contributed by atoms with Gasteiger partial charge >= 0.3 is 0 Å². The average molecular weight is 363 g/mol. The molecular formula is C17H15ClN2O3S. The second-order valence-corrected chi connectivity index (χ2v) is 6.48. The molecule has 0 atom stereocenters. The highest BCUT2D eigenvalue weighted by Gasteiger charge is 2.12. The third kappa shape index (κ3) is 3.60. The lowest BCUT2D eigenvalue weighted by molar-refractivity contribution is -0.118. The number of ether oxygens (including phenoxy) is 2. The molecule has 3 aromatic rings. The third-order valence-corrected chi connectivity index (χ3v) is 4.80. The van der Waals surface area contributed by atoms with Crippen molar-refractivity contribution in [1.82, 2.24) is 4.98 Å². The molecule has 1 amide bonds. The number of amides is 1. The molecule has 1 heterocycles. The van der Waals surface area contributed by atoms with E-state index in [1.807, 2.05) is 19.1 Å².